The molecule has 0 bridgehead atoms. The number of aromatic hydroxyl groups is 1. The van der Waals surface area contributed by atoms with E-state index in [0.29, 0.717) is 5.82 Å². The van der Waals surface area contributed by atoms with Gasteiger partial charge in [0.05, 0.1) is 12.4 Å². The van der Waals surface area contributed by atoms with Crippen LogP contribution in [0.25, 0.3) is 11.4 Å². The van der Waals surface area contributed by atoms with Crippen LogP contribution in [0.15, 0.2) is 36.7 Å². The van der Waals surface area contributed by atoms with Gasteiger partial charge in [0, 0.05) is 5.56 Å². The van der Waals surface area contributed by atoms with Crippen molar-refractivity contribution in [3.63, 3.8) is 0 Å². The Morgan fingerprint density at radius 3 is 2.14 bits per heavy atom. The van der Waals surface area contributed by atoms with E-state index in [0.717, 1.165) is 18.0 Å². The molecule has 0 spiro atoms. The molecule has 4 heteroatoms. The lowest BCUT2D eigenvalue weighted by atomic mass is 10.2. The molecule has 14 heavy (non-hydrogen) atoms. The molecule has 0 saturated heterocycles. The van der Waals surface area contributed by atoms with Crippen molar-refractivity contribution in [3.05, 3.63) is 42.5 Å². The third-order valence-electron chi connectivity index (χ3n) is 1.75. The van der Waals surface area contributed by atoms with Gasteiger partial charge < -0.3 is 5.11 Å². The monoisotopic (exact) mass is 190 g/mol. The third-order valence-corrected chi connectivity index (χ3v) is 1.75. The van der Waals surface area contributed by atoms with Crippen LogP contribution in [0.3, 0.4) is 0 Å². The van der Waals surface area contributed by atoms with Crippen LogP contribution < -0.4 is 0 Å². The fraction of sp³-hybridized carbons (Fsp3) is 0. The smallest absolute Gasteiger partial charge is 0.159 e. The van der Waals surface area contributed by atoms with Crippen molar-refractivity contribution in [2.75, 3.05) is 0 Å². The van der Waals surface area contributed by atoms with Crippen LogP contribution in [0.5, 0.6) is 5.75 Å². The molecule has 0 fully saturated rings. The molecule has 0 aliphatic heterocycles. The normalized spacial score (nSPS) is 10.1. The van der Waals surface area contributed by atoms with Crippen molar-refractivity contribution >= 4 is 0 Å². The van der Waals surface area contributed by atoms with Gasteiger partial charge in [0.1, 0.15) is 5.75 Å². The largest absolute Gasteiger partial charge is 0.508 e. The van der Waals surface area contributed by atoms with Gasteiger partial charge in [0.15, 0.2) is 11.6 Å². The second kappa shape index (κ2) is 3.41. The summed E-state index contributed by atoms with van der Waals surface area (Å²) in [4.78, 5) is 7.62. The Morgan fingerprint density at radius 2 is 1.57 bits per heavy atom. The summed E-state index contributed by atoms with van der Waals surface area (Å²) in [6.07, 6.45) is 2.21. The lowest BCUT2D eigenvalue weighted by molar-refractivity contribution is 0.475. The fourth-order valence-corrected chi connectivity index (χ4v) is 1.07. The highest BCUT2D eigenvalue weighted by atomic mass is 19.1. The van der Waals surface area contributed by atoms with Crippen molar-refractivity contribution in [3.8, 4) is 17.1 Å². The summed E-state index contributed by atoms with van der Waals surface area (Å²) in [6.45, 7) is 0. The standard InChI is InChI=1S/C10H7FN2O/c11-8-5-12-10(13-6-8)7-1-3-9(14)4-2-7/h1-6,14H. The first kappa shape index (κ1) is 8.62. The topological polar surface area (TPSA) is 46.0 Å². The van der Waals surface area contributed by atoms with Crippen molar-refractivity contribution < 1.29 is 9.50 Å². The SMILES string of the molecule is Oc1ccc(-c2ncc(F)cn2)cc1. The van der Waals surface area contributed by atoms with Crippen molar-refractivity contribution in [2.45, 2.75) is 0 Å². The Balaban J connectivity index is 2.40. The highest BCUT2D eigenvalue weighted by molar-refractivity contribution is 5.55. The zero-order valence-electron chi connectivity index (χ0n) is 7.18. The van der Waals surface area contributed by atoms with Gasteiger partial charge in [-0.25, -0.2) is 14.4 Å². The number of benzene rings is 1. The molecule has 70 valence electrons. The van der Waals surface area contributed by atoms with E-state index >= 15 is 0 Å². The molecule has 0 amide bonds. The lowest BCUT2D eigenvalue weighted by Crippen LogP contribution is -1.88. The van der Waals surface area contributed by atoms with Gasteiger partial charge in [-0.1, -0.05) is 0 Å². The molecule has 1 heterocycles. The van der Waals surface area contributed by atoms with E-state index in [2.05, 4.69) is 9.97 Å². The van der Waals surface area contributed by atoms with Crippen molar-refractivity contribution in [2.24, 2.45) is 0 Å². The summed E-state index contributed by atoms with van der Waals surface area (Å²) in [7, 11) is 0. The minimum atomic E-state index is -0.465. The first-order valence-corrected chi connectivity index (χ1v) is 4.02. The van der Waals surface area contributed by atoms with E-state index in [-0.39, 0.29) is 5.75 Å². The molecule has 0 unspecified atom stereocenters. The predicted octanol–water partition coefficient (Wildman–Crippen LogP) is 1.99. The number of aromatic nitrogens is 2. The Bertz CT molecular complexity index is 381. The van der Waals surface area contributed by atoms with Gasteiger partial charge >= 0.3 is 0 Å². The van der Waals surface area contributed by atoms with Crippen molar-refractivity contribution in [1.29, 1.82) is 0 Å². The van der Waals surface area contributed by atoms with E-state index in [4.69, 9.17) is 5.11 Å². The zero-order chi connectivity index (χ0) is 9.97. The van der Waals surface area contributed by atoms with E-state index in [9.17, 15) is 4.39 Å². The number of phenols is 1. The summed E-state index contributed by atoms with van der Waals surface area (Å²) >= 11 is 0. The molecule has 1 aromatic heterocycles. The number of hydrogen-bond acceptors (Lipinski definition) is 3. The average Bonchev–Trinajstić information content (AvgIpc) is 2.21. The van der Waals surface area contributed by atoms with Gasteiger partial charge in [-0.2, -0.15) is 0 Å². The Kier molecular flexibility index (Phi) is 2.10. The van der Waals surface area contributed by atoms with Gasteiger partial charge in [-0.05, 0) is 24.3 Å². The Labute approximate surface area is 79.9 Å². The minimum absolute atomic E-state index is 0.177. The summed E-state index contributed by atoms with van der Waals surface area (Å²) in [5.41, 5.74) is 0.739. The number of hydrogen-bond donors (Lipinski definition) is 1. The maximum Gasteiger partial charge on any atom is 0.159 e. The summed E-state index contributed by atoms with van der Waals surface area (Å²) in [5.74, 6) is 0.148. The number of phenolic OH excluding ortho intramolecular Hbond substituents is 1. The highest BCUT2D eigenvalue weighted by Crippen LogP contribution is 2.17. The molecule has 1 aromatic carbocycles. The quantitative estimate of drug-likeness (QED) is 0.747. The van der Waals surface area contributed by atoms with Crippen LogP contribution in [0, 0.1) is 5.82 Å². The summed E-state index contributed by atoms with van der Waals surface area (Å²) in [5, 5.41) is 9.05. The second-order valence-electron chi connectivity index (χ2n) is 2.77. The second-order valence-corrected chi connectivity index (χ2v) is 2.77. The predicted molar refractivity (Wildman–Crippen MR) is 49.1 cm³/mol. The molecule has 0 aliphatic carbocycles. The molecule has 0 atom stereocenters. The zero-order valence-corrected chi connectivity index (χ0v) is 7.18. The Morgan fingerprint density at radius 1 is 1.00 bits per heavy atom. The van der Waals surface area contributed by atoms with Crippen LogP contribution in [0.1, 0.15) is 0 Å². The average molecular weight is 190 g/mol. The van der Waals surface area contributed by atoms with E-state index in [1.807, 2.05) is 0 Å². The van der Waals surface area contributed by atoms with Gasteiger partial charge in [-0.3, -0.25) is 0 Å². The highest BCUT2D eigenvalue weighted by Gasteiger charge is 2.00. The molecular weight excluding hydrogens is 183 g/mol. The lowest BCUT2D eigenvalue weighted by Gasteiger charge is -1.98. The van der Waals surface area contributed by atoms with Crippen LogP contribution in [-0.2, 0) is 0 Å². The maximum absolute atomic E-state index is 12.5. The third kappa shape index (κ3) is 1.69. The first-order valence-electron chi connectivity index (χ1n) is 4.02. The van der Waals surface area contributed by atoms with Gasteiger partial charge in [0.25, 0.3) is 0 Å². The first-order chi connectivity index (χ1) is 6.75. The molecule has 0 saturated carbocycles. The molecule has 0 radical (unpaired) electrons. The van der Waals surface area contributed by atoms with Gasteiger partial charge in [0.2, 0.25) is 0 Å². The molecule has 0 aliphatic rings. The van der Waals surface area contributed by atoms with Gasteiger partial charge in [-0.15, -0.1) is 0 Å². The maximum atomic E-state index is 12.5. The van der Waals surface area contributed by atoms with E-state index < -0.39 is 5.82 Å². The van der Waals surface area contributed by atoms with Crippen LogP contribution >= 0.6 is 0 Å². The van der Waals surface area contributed by atoms with E-state index in [1.165, 1.54) is 12.1 Å². The molecule has 1 N–H and O–H groups in total. The number of rotatable bonds is 1. The minimum Gasteiger partial charge on any atom is -0.508 e. The molecule has 2 rings (SSSR count). The Hall–Kier alpha value is -1.97. The number of nitrogens with zero attached hydrogens (tertiary/aromatic N) is 2. The molecule has 2 aromatic rings. The van der Waals surface area contributed by atoms with Crippen LogP contribution in [-0.4, -0.2) is 15.1 Å². The van der Waals surface area contributed by atoms with Crippen LogP contribution in [0.2, 0.25) is 0 Å². The molecular formula is C10H7FN2O. The van der Waals surface area contributed by atoms with Crippen LogP contribution in [0.4, 0.5) is 4.39 Å². The summed E-state index contributed by atoms with van der Waals surface area (Å²) in [6, 6.07) is 6.40. The molecule has 3 nitrogen and oxygen atoms in total. The van der Waals surface area contributed by atoms with E-state index in [1.54, 1.807) is 12.1 Å². The number of halogens is 1. The van der Waals surface area contributed by atoms with Crippen molar-refractivity contribution in [1.82, 2.24) is 9.97 Å². The summed E-state index contributed by atoms with van der Waals surface area (Å²) < 4.78 is 12.5. The fourth-order valence-electron chi connectivity index (χ4n) is 1.07.